The van der Waals surface area contributed by atoms with Crippen LogP contribution in [0.4, 0.5) is 5.00 Å². The van der Waals surface area contributed by atoms with Crippen molar-refractivity contribution in [3.05, 3.63) is 50.3 Å². The van der Waals surface area contributed by atoms with Gasteiger partial charge in [0.25, 0.3) is 0 Å². The number of carbonyl (C=O) groups excluding carboxylic acids is 3. The van der Waals surface area contributed by atoms with Gasteiger partial charge in [-0.25, -0.2) is 10.2 Å². The van der Waals surface area contributed by atoms with E-state index < -0.39 is 17.8 Å². The number of anilines is 1. The standard InChI is InChI=1S/C21H22BrN3O4S/c1-2-29-21(28)17-15-9-4-3-5-10-16(15)30-20(17)24-18(26)19(27)25-23-12-13-7-6-8-14(22)11-13/h6-8,11-12H,2-5,9-10H2,1H3,(H,24,26)(H,25,27). The van der Waals surface area contributed by atoms with Crippen LogP contribution in [0.25, 0.3) is 0 Å². The quantitative estimate of drug-likeness (QED) is 0.217. The van der Waals surface area contributed by atoms with Gasteiger partial charge in [-0.3, -0.25) is 9.59 Å². The third-order valence-corrected chi connectivity index (χ3v) is 6.26. The molecular weight excluding hydrogens is 470 g/mol. The molecule has 0 bridgehead atoms. The minimum Gasteiger partial charge on any atom is -0.462 e. The van der Waals surface area contributed by atoms with Crippen molar-refractivity contribution in [1.29, 1.82) is 0 Å². The number of nitrogens with one attached hydrogen (secondary N) is 2. The van der Waals surface area contributed by atoms with Crippen LogP contribution in [0.15, 0.2) is 33.8 Å². The number of amides is 2. The van der Waals surface area contributed by atoms with Gasteiger partial charge in [-0.15, -0.1) is 11.3 Å². The van der Waals surface area contributed by atoms with Crippen molar-refractivity contribution in [3.8, 4) is 0 Å². The Labute approximate surface area is 187 Å². The molecule has 0 atom stereocenters. The van der Waals surface area contributed by atoms with Gasteiger partial charge in [0.2, 0.25) is 0 Å². The van der Waals surface area contributed by atoms with Crippen LogP contribution in [-0.4, -0.2) is 30.6 Å². The summed E-state index contributed by atoms with van der Waals surface area (Å²) in [6.07, 6.45) is 6.17. The van der Waals surface area contributed by atoms with Crippen LogP contribution in [0.3, 0.4) is 0 Å². The van der Waals surface area contributed by atoms with Crippen LogP contribution in [-0.2, 0) is 27.2 Å². The first-order valence-corrected chi connectivity index (χ1v) is 11.3. The molecule has 1 aromatic carbocycles. The van der Waals surface area contributed by atoms with Crippen LogP contribution in [0.2, 0.25) is 0 Å². The van der Waals surface area contributed by atoms with E-state index in [1.807, 2.05) is 24.3 Å². The molecule has 2 N–H and O–H groups in total. The fourth-order valence-electron chi connectivity index (χ4n) is 3.21. The Bertz CT molecular complexity index is 987. The summed E-state index contributed by atoms with van der Waals surface area (Å²) in [5.74, 6) is -2.27. The second-order valence-electron chi connectivity index (χ2n) is 6.70. The zero-order valence-corrected chi connectivity index (χ0v) is 18.9. The van der Waals surface area contributed by atoms with Crippen molar-refractivity contribution < 1.29 is 19.1 Å². The number of nitrogens with zero attached hydrogens (tertiary/aromatic N) is 1. The van der Waals surface area contributed by atoms with E-state index in [1.54, 1.807) is 6.92 Å². The molecule has 0 spiro atoms. The van der Waals surface area contributed by atoms with Gasteiger partial charge >= 0.3 is 17.8 Å². The maximum absolute atomic E-state index is 12.5. The van der Waals surface area contributed by atoms with Gasteiger partial charge < -0.3 is 10.1 Å². The molecular formula is C21H22BrN3O4S. The van der Waals surface area contributed by atoms with E-state index >= 15 is 0 Å². The topological polar surface area (TPSA) is 96.9 Å². The predicted molar refractivity (Wildman–Crippen MR) is 120 cm³/mol. The highest BCUT2D eigenvalue weighted by atomic mass is 79.9. The third kappa shape index (κ3) is 5.54. The summed E-state index contributed by atoms with van der Waals surface area (Å²) in [5.41, 5.74) is 4.27. The van der Waals surface area contributed by atoms with Crippen molar-refractivity contribution >= 4 is 56.3 Å². The number of thiophene rings is 1. The number of halogens is 1. The van der Waals surface area contributed by atoms with Gasteiger partial charge in [-0.2, -0.15) is 5.10 Å². The summed E-state index contributed by atoms with van der Waals surface area (Å²) >= 11 is 4.69. The maximum atomic E-state index is 12.5. The largest absolute Gasteiger partial charge is 0.462 e. The number of carbonyl (C=O) groups is 3. The van der Waals surface area contributed by atoms with Crippen molar-refractivity contribution in [2.75, 3.05) is 11.9 Å². The molecule has 0 fully saturated rings. The lowest BCUT2D eigenvalue weighted by molar-refractivity contribution is -0.136. The van der Waals surface area contributed by atoms with Gasteiger partial charge in [0.05, 0.1) is 18.4 Å². The molecule has 1 aliphatic rings. The zero-order chi connectivity index (χ0) is 21.5. The first-order chi connectivity index (χ1) is 14.5. The fourth-order valence-corrected chi connectivity index (χ4v) is 4.90. The van der Waals surface area contributed by atoms with E-state index in [9.17, 15) is 14.4 Å². The molecule has 9 heteroatoms. The molecule has 1 aromatic heterocycles. The summed E-state index contributed by atoms with van der Waals surface area (Å²) in [6, 6.07) is 7.33. The lowest BCUT2D eigenvalue weighted by atomic mass is 10.1. The Balaban J connectivity index is 1.72. The molecule has 0 saturated carbocycles. The van der Waals surface area contributed by atoms with Gasteiger partial charge in [-0.05, 0) is 55.9 Å². The van der Waals surface area contributed by atoms with Crippen molar-refractivity contribution in [3.63, 3.8) is 0 Å². The van der Waals surface area contributed by atoms with Crippen LogP contribution in [0.5, 0.6) is 0 Å². The lowest BCUT2D eigenvalue weighted by Gasteiger charge is -2.08. The first kappa shape index (κ1) is 22.2. The highest BCUT2D eigenvalue weighted by molar-refractivity contribution is 9.10. The van der Waals surface area contributed by atoms with Gasteiger partial charge in [0, 0.05) is 9.35 Å². The summed E-state index contributed by atoms with van der Waals surface area (Å²) in [5, 5.41) is 6.74. The van der Waals surface area contributed by atoms with Crippen LogP contribution in [0.1, 0.15) is 52.5 Å². The summed E-state index contributed by atoms with van der Waals surface area (Å²) in [4.78, 5) is 38.1. The molecule has 7 nitrogen and oxygen atoms in total. The number of ether oxygens (including phenoxy) is 1. The molecule has 1 aliphatic carbocycles. The molecule has 0 aliphatic heterocycles. The third-order valence-electron chi connectivity index (χ3n) is 4.56. The van der Waals surface area contributed by atoms with Gasteiger partial charge in [-0.1, -0.05) is 34.5 Å². The molecule has 0 radical (unpaired) electrons. The highest BCUT2D eigenvalue weighted by Crippen LogP contribution is 2.38. The van der Waals surface area contributed by atoms with E-state index in [2.05, 4.69) is 31.8 Å². The number of esters is 1. The molecule has 0 saturated heterocycles. The van der Waals surface area contributed by atoms with E-state index in [0.717, 1.165) is 52.6 Å². The van der Waals surface area contributed by atoms with E-state index in [4.69, 9.17) is 4.74 Å². The monoisotopic (exact) mass is 491 g/mol. The van der Waals surface area contributed by atoms with Crippen molar-refractivity contribution in [2.45, 2.75) is 39.0 Å². The normalized spacial score (nSPS) is 13.4. The van der Waals surface area contributed by atoms with Crippen LogP contribution < -0.4 is 10.7 Å². The maximum Gasteiger partial charge on any atom is 0.341 e. The fraction of sp³-hybridized carbons (Fsp3) is 0.333. The molecule has 0 unspecified atom stereocenters. The minimum absolute atomic E-state index is 0.238. The Morgan fingerprint density at radius 1 is 1.20 bits per heavy atom. The van der Waals surface area contributed by atoms with Crippen LogP contribution in [0, 0.1) is 0 Å². The molecule has 2 aromatic rings. The Morgan fingerprint density at radius 2 is 2.00 bits per heavy atom. The summed E-state index contributed by atoms with van der Waals surface area (Å²) in [6.45, 7) is 1.97. The summed E-state index contributed by atoms with van der Waals surface area (Å²) < 4.78 is 6.06. The molecule has 2 amide bonds. The molecule has 1 heterocycles. The van der Waals surface area contributed by atoms with Gasteiger partial charge in [0.1, 0.15) is 5.00 Å². The molecule has 3 rings (SSSR count). The van der Waals surface area contributed by atoms with Crippen molar-refractivity contribution in [1.82, 2.24) is 5.43 Å². The van der Waals surface area contributed by atoms with E-state index in [0.29, 0.717) is 10.6 Å². The number of aryl methyl sites for hydroxylation is 1. The number of benzene rings is 1. The van der Waals surface area contributed by atoms with E-state index in [-0.39, 0.29) is 6.61 Å². The SMILES string of the molecule is CCOC(=O)c1c(NC(=O)C(=O)NN=Cc2cccc(Br)c2)sc2c1CCCCC2. The average molecular weight is 492 g/mol. The second kappa shape index (κ2) is 10.5. The molecule has 158 valence electrons. The highest BCUT2D eigenvalue weighted by Gasteiger charge is 2.27. The van der Waals surface area contributed by atoms with Crippen molar-refractivity contribution in [2.24, 2.45) is 5.10 Å². The number of hydrazone groups is 1. The smallest absolute Gasteiger partial charge is 0.341 e. The second-order valence-corrected chi connectivity index (χ2v) is 8.72. The Morgan fingerprint density at radius 3 is 2.77 bits per heavy atom. The number of fused-ring (bicyclic) bond motifs is 1. The zero-order valence-electron chi connectivity index (χ0n) is 16.5. The lowest BCUT2D eigenvalue weighted by Crippen LogP contribution is -2.32. The van der Waals surface area contributed by atoms with Crippen LogP contribution >= 0.6 is 27.3 Å². The Hall–Kier alpha value is -2.52. The number of rotatable bonds is 5. The Kier molecular flexibility index (Phi) is 7.75. The van der Waals surface area contributed by atoms with E-state index in [1.165, 1.54) is 17.6 Å². The average Bonchev–Trinajstić information content (AvgIpc) is 2.88. The minimum atomic E-state index is -0.917. The first-order valence-electron chi connectivity index (χ1n) is 9.71. The van der Waals surface area contributed by atoms with Gasteiger partial charge in [0.15, 0.2) is 0 Å². The summed E-state index contributed by atoms with van der Waals surface area (Å²) in [7, 11) is 0. The number of hydrogen-bond acceptors (Lipinski definition) is 6. The predicted octanol–water partition coefficient (Wildman–Crippen LogP) is 4.05. The molecule has 30 heavy (non-hydrogen) atoms. The number of hydrogen-bond donors (Lipinski definition) is 2.